The van der Waals surface area contributed by atoms with Crippen LogP contribution in [-0.4, -0.2) is 17.5 Å². The number of ether oxygens (including phenoxy) is 1. The summed E-state index contributed by atoms with van der Waals surface area (Å²) in [4.78, 5) is 27.7. The Morgan fingerprint density at radius 2 is 2.00 bits per heavy atom. The number of fused-ring (bicyclic) bond motifs is 2. The SMILES string of the molecule is Cc1cc(C)c(CNC(=O)c2cc(Br)c3c(c2)C2(CCCC2)CO3)c(=O)[nH]1. The van der Waals surface area contributed by atoms with Gasteiger partial charge in [0.15, 0.2) is 0 Å². The molecular formula is C21H23BrN2O3. The summed E-state index contributed by atoms with van der Waals surface area (Å²) in [6.45, 7) is 4.64. The zero-order valence-corrected chi connectivity index (χ0v) is 17.2. The number of hydrogen-bond donors (Lipinski definition) is 2. The summed E-state index contributed by atoms with van der Waals surface area (Å²) in [5, 5.41) is 2.89. The third-order valence-electron chi connectivity index (χ3n) is 5.85. The highest BCUT2D eigenvalue weighted by Crippen LogP contribution is 2.51. The van der Waals surface area contributed by atoms with Gasteiger partial charge in [-0.15, -0.1) is 0 Å². The first-order valence-corrected chi connectivity index (χ1v) is 10.1. The number of benzene rings is 1. The van der Waals surface area contributed by atoms with E-state index in [1.807, 2.05) is 26.0 Å². The molecule has 5 nitrogen and oxygen atoms in total. The van der Waals surface area contributed by atoms with E-state index in [1.165, 1.54) is 12.8 Å². The molecule has 2 N–H and O–H groups in total. The lowest BCUT2D eigenvalue weighted by molar-refractivity contribution is 0.0950. The van der Waals surface area contributed by atoms with Gasteiger partial charge in [0.2, 0.25) is 0 Å². The van der Waals surface area contributed by atoms with E-state index in [2.05, 4.69) is 26.2 Å². The monoisotopic (exact) mass is 430 g/mol. The molecule has 2 heterocycles. The molecule has 0 unspecified atom stereocenters. The minimum Gasteiger partial charge on any atom is -0.491 e. The van der Waals surface area contributed by atoms with Crippen molar-refractivity contribution in [2.45, 2.75) is 51.5 Å². The van der Waals surface area contributed by atoms with Crippen LogP contribution in [0, 0.1) is 13.8 Å². The Kier molecular flexibility index (Phi) is 4.62. The van der Waals surface area contributed by atoms with Gasteiger partial charge in [-0.1, -0.05) is 12.8 Å². The first kappa shape index (κ1) is 18.3. The summed E-state index contributed by atoms with van der Waals surface area (Å²) < 4.78 is 6.77. The molecule has 1 aromatic carbocycles. The topological polar surface area (TPSA) is 71.2 Å². The second-order valence-corrected chi connectivity index (χ2v) is 8.59. The number of carbonyl (C=O) groups is 1. The lowest BCUT2D eigenvalue weighted by Crippen LogP contribution is -2.28. The molecule has 1 amide bonds. The second-order valence-electron chi connectivity index (χ2n) is 7.74. The number of aromatic amines is 1. The van der Waals surface area contributed by atoms with Crippen molar-refractivity contribution in [2.24, 2.45) is 0 Å². The minimum atomic E-state index is -0.182. The van der Waals surface area contributed by atoms with Crippen LogP contribution in [0.2, 0.25) is 0 Å². The van der Waals surface area contributed by atoms with E-state index in [1.54, 1.807) is 6.07 Å². The van der Waals surface area contributed by atoms with Crippen molar-refractivity contribution < 1.29 is 9.53 Å². The fourth-order valence-electron chi connectivity index (χ4n) is 4.39. The third-order valence-corrected chi connectivity index (χ3v) is 6.44. The molecule has 142 valence electrons. The van der Waals surface area contributed by atoms with Crippen molar-refractivity contribution >= 4 is 21.8 Å². The van der Waals surface area contributed by atoms with E-state index in [-0.39, 0.29) is 23.4 Å². The van der Waals surface area contributed by atoms with Crippen molar-refractivity contribution in [1.82, 2.24) is 10.3 Å². The first-order valence-electron chi connectivity index (χ1n) is 9.34. The highest BCUT2D eigenvalue weighted by molar-refractivity contribution is 9.10. The summed E-state index contributed by atoms with van der Waals surface area (Å²) in [5.41, 5.74) is 3.93. The molecule has 0 saturated heterocycles. The molecule has 2 aromatic rings. The largest absolute Gasteiger partial charge is 0.491 e. The van der Waals surface area contributed by atoms with Crippen LogP contribution < -0.4 is 15.6 Å². The number of carbonyl (C=O) groups excluding carboxylic acids is 1. The van der Waals surface area contributed by atoms with Crippen molar-refractivity contribution in [1.29, 1.82) is 0 Å². The molecular weight excluding hydrogens is 408 g/mol. The molecule has 2 aliphatic rings. The van der Waals surface area contributed by atoms with Crippen LogP contribution in [-0.2, 0) is 12.0 Å². The maximum atomic E-state index is 12.8. The standard InChI is InChI=1S/C21H23BrN2O3/c1-12-7-13(2)24-20(26)15(12)10-23-19(25)14-8-16-18(17(22)9-14)27-11-21(16)5-3-4-6-21/h7-9H,3-6,10-11H2,1-2H3,(H,23,25)(H,24,26). The highest BCUT2D eigenvalue weighted by Gasteiger charge is 2.44. The molecule has 27 heavy (non-hydrogen) atoms. The van der Waals surface area contributed by atoms with Gasteiger partial charge in [-0.3, -0.25) is 9.59 Å². The number of nitrogens with one attached hydrogen (secondary N) is 2. The van der Waals surface area contributed by atoms with Gasteiger partial charge >= 0.3 is 0 Å². The van der Waals surface area contributed by atoms with Crippen molar-refractivity contribution in [2.75, 3.05) is 6.61 Å². The Morgan fingerprint density at radius 1 is 1.26 bits per heavy atom. The van der Waals surface area contributed by atoms with Gasteiger partial charge in [-0.2, -0.15) is 0 Å². The van der Waals surface area contributed by atoms with Gasteiger partial charge in [-0.05, 0) is 66.4 Å². The van der Waals surface area contributed by atoms with Gasteiger partial charge in [0, 0.05) is 34.3 Å². The van der Waals surface area contributed by atoms with Gasteiger partial charge in [0.05, 0.1) is 11.1 Å². The number of rotatable bonds is 3. The van der Waals surface area contributed by atoms with Crippen LogP contribution in [0.25, 0.3) is 0 Å². The molecule has 1 aliphatic heterocycles. The lowest BCUT2D eigenvalue weighted by Gasteiger charge is -2.21. The molecule has 0 atom stereocenters. The zero-order chi connectivity index (χ0) is 19.2. The van der Waals surface area contributed by atoms with E-state index < -0.39 is 0 Å². The van der Waals surface area contributed by atoms with Crippen LogP contribution in [0.4, 0.5) is 0 Å². The van der Waals surface area contributed by atoms with Crippen molar-refractivity contribution in [3.63, 3.8) is 0 Å². The molecule has 0 radical (unpaired) electrons. The zero-order valence-electron chi connectivity index (χ0n) is 15.6. The number of pyridine rings is 1. The summed E-state index contributed by atoms with van der Waals surface area (Å²) in [6.07, 6.45) is 4.61. The summed E-state index contributed by atoms with van der Waals surface area (Å²) in [7, 11) is 0. The van der Waals surface area contributed by atoms with Crippen LogP contribution >= 0.6 is 15.9 Å². The average molecular weight is 431 g/mol. The number of aromatic nitrogens is 1. The molecule has 1 aromatic heterocycles. The quantitative estimate of drug-likeness (QED) is 0.775. The number of H-pyrrole nitrogens is 1. The van der Waals surface area contributed by atoms with E-state index in [9.17, 15) is 9.59 Å². The number of hydrogen-bond acceptors (Lipinski definition) is 3. The van der Waals surface area contributed by atoms with E-state index in [0.29, 0.717) is 17.7 Å². The Morgan fingerprint density at radius 3 is 2.70 bits per heavy atom. The minimum absolute atomic E-state index is 0.0544. The lowest BCUT2D eigenvalue weighted by atomic mass is 9.80. The van der Waals surface area contributed by atoms with Crippen LogP contribution in [0.3, 0.4) is 0 Å². The maximum Gasteiger partial charge on any atom is 0.253 e. The van der Waals surface area contributed by atoms with Gasteiger partial charge < -0.3 is 15.0 Å². The van der Waals surface area contributed by atoms with E-state index in [0.717, 1.165) is 39.9 Å². The Bertz CT molecular complexity index is 974. The van der Waals surface area contributed by atoms with Gasteiger partial charge in [0.25, 0.3) is 11.5 Å². The average Bonchev–Trinajstić information content (AvgIpc) is 3.23. The van der Waals surface area contributed by atoms with Crippen LogP contribution in [0.1, 0.15) is 58.4 Å². The van der Waals surface area contributed by atoms with Crippen LogP contribution in [0.5, 0.6) is 5.75 Å². The predicted octanol–water partition coefficient (Wildman–Crippen LogP) is 3.89. The van der Waals surface area contributed by atoms with Crippen molar-refractivity contribution in [3.05, 3.63) is 61.0 Å². The van der Waals surface area contributed by atoms with Gasteiger partial charge in [-0.25, -0.2) is 0 Å². The molecule has 4 rings (SSSR count). The fourth-order valence-corrected chi connectivity index (χ4v) is 4.97. The number of halogens is 1. The maximum absolute atomic E-state index is 12.8. The number of aryl methyl sites for hydroxylation is 2. The number of amides is 1. The highest BCUT2D eigenvalue weighted by atomic mass is 79.9. The normalized spacial score (nSPS) is 17.0. The molecule has 1 aliphatic carbocycles. The Labute approximate surface area is 166 Å². The Balaban J connectivity index is 1.59. The smallest absolute Gasteiger partial charge is 0.253 e. The predicted molar refractivity (Wildman–Crippen MR) is 107 cm³/mol. The third kappa shape index (κ3) is 3.20. The summed E-state index contributed by atoms with van der Waals surface area (Å²) in [5.74, 6) is 0.692. The first-order chi connectivity index (χ1) is 12.9. The molecule has 0 bridgehead atoms. The molecule has 1 saturated carbocycles. The summed E-state index contributed by atoms with van der Waals surface area (Å²) >= 11 is 3.56. The van der Waals surface area contributed by atoms with E-state index >= 15 is 0 Å². The second kappa shape index (κ2) is 6.82. The van der Waals surface area contributed by atoms with Gasteiger partial charge in [0.1, 0.15) is 5.75 Å². The van der Waals surface area contributed by atoms with Crippen LogP contribution in [0.15, 0.2) is 27.5 Å². The Hall–Kier alpha value is -2.08. The van der Waals surface area contributed by atoms with Crippen molar-refractivity contribution in [3.8, 4) is 5.75 Å². The molecule has 1 spiro atoms. The van der Waals surface area contributed by atoms with E-state index in [4.69, 9.17) is 4.74 Å². The molecule has 6 heteroatoms. The molecule has 1 fully saturated rings. The summed E-state index contributed by atoms with van der Waals surface area (Å²) in [6, 6.07) is 5.68. The fraction of sp³-hybridized carbons (Fsp3) is 0.429.